The van der Waals surface area contributed by atoms with Crippen molar-refractivity contribution in [1.82, 2.24) is 4.90 Å². The number of nitrogens with one attached hydrogen (secondary N) is 1. The van der Waals surface area contributed by atoms with Crippen LogP contribution in [-0.2, 0) is 0 Å². The molecule has 19 heavy (non-hydrogen) atoms. The fourth-order valence-corrected chi connectivity index (χ4v) is 3.56. The van der Waals surface area contributed by atoms with E-state index in [9.17, 15) is 0 Å². The molecular weight excluding hydrogens is 234 g/mol. The third-order valence-electron chi connectivity index (χ3n) is 4.57. The van der Waals surface area contributed by atoms with Gasteiger partial charge in [0.15, 0.2) is 0 Å². The molecule has 2 heterocycles. The quantitative estimate of drug-likeness (QED) is 0.900. The van der Waals surface area contributed by atoms with Crippen LogP contribution in [0.3, 0.4) is 0 Å². The molecule has 1 aromatic rings. The van der Waals surface area contributed by atoms with Gasteiger partial charge in [-0.25, -0.2) is 0 Å². The fourth-order valence-electron chi connectivity index (χ4n) is 3.56. The average molecular weight is 259 g/mol. The first-order valence-electron chi connectivity index (χ1n) is 7.51. The van der Waals surface area contributed by atoms with Crippen molar-refractivity contribution < 1.29 is 0 Å². The highest BCUT2D eigenvalue weighted by molar-refractivity contribution is 5.69. The van der Waals surface area contributed by atoms with E-state index in [0.717, 1.165) is 6.04 Å². The largest absolute Gasteiger partial charge is 0.381 e. The Morgan fingerprint density at radius 3 is 2.84 bits per heavy atom. The van der Waals surface area contributed by atoms with E-state index in [-0.39, 0.29) is 0 Å². The molecule has 0 saturated carbocycles. The van der Waals surface area contributed by atoms with Gasteiger partial charge in [-0.1, -0.05) is 12.1 Å². The molecule has 2 aliphatic heterocycles. The molecule has 2 unspecified atom stereocenters. The molecule has 0 aliphatic carbocycles. The monoisotopic (exact) mass is 259 g/mol. The number of benzene rings is 1. The predicted octanol–water partition coefficient (Wildman–Crippen LogP) is 2.79. The van der Waals surface area contributed by atoms with Crippen molar-refractivity contribution in [2.24, 2.45) is 0 Å². The predicted molar refractivity (Wildman–Crippen MR) is 82.0 cm³/mol. The van der Waals surface area contributed by atoms with Crippen molar-refractivity contribution in [3.63, 3.8) is 0 Å². The Morgan fingerprint density at radius 1 is 1.16 bits per heavy atom. The highest BCUT2D eigenvalue weighted by atomic mass is 15.2. The Morgan fingerprint density at radius 2 is 2.00 bits per heavy atom. The van der Waals surface area contributed by atoms with Crippen LogP contribution in [0.15, 0.2) is 24.3 Å². The number of fused-ring (bicyclic) bond motifs is 1. The van der Waals surface area contributed by atoms with Gasteiger partial charge in [0.1, 0.15) is 0 Å². The van der Waals surface area contributed by atoms with Crippen LogP contribution in [0.4, 0.5) is 11.4 Å². The minimum Gasteiger partial charge on any atom is -0.381 e. The van der Waals surface area contributed by atoms with E-state index in [1.807, 2.05) is 0 Å². The normalized spacial score (nSPS) is 27.1. The van der Waals surface area contributed by atoms with E-state index in [0.29, 0.717) is 6.04 Å². The smallest absolute Gasteiger partial charge is 0.0596 e. The molecule has 2 saturated heterocycles. The number of piperidine rings is 1. The third kappa shape index (κ3) is 2.71. The lowest BCUT2D eigenvalue weighted by Gasteiger charge is -2.36. The second-order valence-electron chi connectivity index (χ2n) is 6.11. The molecule has 0 aromatic heterocycles. The Hall–Kier alpha value is -1.22. The van der Waals surface area contributed by atoms with Crippen LogP contribution in [0, 0.1) is 0 Å². The molecule has 3 heteroatoms. The van der Waals surface area contributed by atoms with Crippen molar-refractivity contribution in [3.8, 4) is 0 Å². The van der Waals surface area contributed by atoms with Gasteiger partial charge in [0.25, 0.3) is 0 Å². The first-order chi connectivity index (χ1) is 9.24. The molecule has 1 aromatic carbocycles. The van der Waals surface area contributed by atoms with Gasteiger partial charge in [0, 0.05) is 32.7 Å². The topological polar surface area (TPSA) is 18.5 Å². The summed E-state index contributed by atoms with van der Waals surface area (Å²) in [4.78, 5) is 4.86. The summed E-state index contributed by atoms with van der Waals surface area (Å²) in [5.74, 6) is 0. The third-order valence-corrected chi connectivity index (χ3v) is 4.57. The fraction of sp³-hybridized carbons (Fsp3) is 0.625. The lowest BCUT2D eigenvalue weighted by molar-refractivity contribution is 0.188. The molecule has 0 spiro atoms. The summed E-state index contributed by atoms with van der Waals surface area (Å²) in [5, 5.41) is 3.78. The van der Waals surface area contributed by atoms with Crippen molar-refractivity contribution >= 4 is 11.4 Å². The van der Waals surface area contributed by atoms with Crippen LogP contribution in [-0.4, -0.2) is 44.2 Å². The van der Waals surface area contributed by atoms with E-state index in [1.54, 1.807) is 0 Å². The number of hydrogen-bond acceptors (Lipinski definition) is 3. The number of para-hydroxylation sites is 2. The van der Waals surface area contributed by atoms with Gasteiger partial charge in [-0.15, -0.1) is 0 Å². The Kier molecular flexibility index (Phi) is 3.65. The first kappa shape index (κ1) is 12.8. The maximum absolute atomic E-state index is 3.78. The highest BCUT2D eigenvalue weighted by Gasteiger charge is 2.31. The zero-order valence-electron chi connectivity index (χ0n) is 12.1. The van der Waals surface area contributed by atoms with Crippen LogP contribution >= 0.6 is 0 Å². The van der Waals surface area contributed by atoms with E-state index < -0.39 is 0 Å². The minimum absolute atomic E-state index is 0.639. The highest BCUT2D eigenvalue weighted by Crippen LogP contribution is 2.31. The van der Waals surface area contributed by atoms with Gasteiger partial charge in [-0.3, -0.25) is 0 Å². The zero-order valence-corrected chi connectivity index (χ0v) is 12.1. The molecular formula is C16H25N3. The summed E-state index contributed by atoms with van der Waals surface area (Å²) in [6.07, 6.45) is 5.37. The molecule has 2 atom stereocenters. The van der Waals surface area contributed by atoms with Crippen LogP contribution in [0.2, 0.25) is 0 Å². The molecule has 1 N–H and O–H groups in total. The number of nitrogens with zero attached hydrogens (tertiary/aromatic N) is 2. The zero-order chi connectivity index (χ0) is 13.2. The van der Waals surface area contributed by atoms with Gasteiger partial charge >= 0.3 is 0 Å². The molecule has 0 amide bonds. The summed E-state index contributed by atoms with van der Waals surface area (Å²) in [6.45, 7) is 2.60. The Labute approximate surface area is 116 Å². The summed E-state index contributed by atoms with van der Waals surface area (Å²) < 4.78 is 0. The first-order valence-corrected chi connectivity index (χ1v) is 7.51. The number of hydrogen-bond donors (Lipinski definition) is 1. The van der Waals surface area contributed by atoms with Crippen molar-refractivity contribution in [3.05, 3.63) is 24.3 Å². The van der Waals surface area contributed by atoms with Crippen molar-refractivity contribution in [2.45, 2.75) is 37.8 Å². The molecule has 104 valence electrons. The van der Waals surface area contributed by atoms with Crippen LogP contribution in [0.1, 0.15) is 25.7 Å². The lowest BCUT2D eigenvalue weighted by Crippen LogP contribution is -2.42. The van der Waals surface area contributed by atoms with Gasteiger partial charge in [0.2, 0.25) is 0 Å². The van der Waals surface area contributed by atoms with Gasteiger partial charge in [0.05, 0.1) is 11.4 Å². The number of anilines is 2. The average Bonchev–Trinajstić information content (AvgIpc) is 2.86. The summed E-state index contributed by atoms with van der Waals surface area (Å²) >= 11 is 0. The molecule has 3 rings (SSSR count). The summed E-state index contributed by atoms with van der Waals surface area (Å²) in [6, 6.07) is 10.1. The van der Waals surface area contributed by atoms with Crippen molar-refractivity contribution in [2.75, 3.05) is 37.4 Å². The summed E-state index contributed by atoms with van der Waals surface area (Å²) in [5.41, 5.74) is 2.57. The maximum atomic E-state index is 3.78. The Balaban J connectivity index is 1.68. The molecule has 0 bridgehead atoms. The van der Waals surface area contributed by atoms with Gasteiger partial charge in [-0.2, -0.15) is 0 Å². The minimum atomic E-state index is 0.639. The van der Waals surface area contributed by atoms with Gasteiger partial charge in [-0.05, 0) is 44.4 Å². The van der Waals surface area contributed by atoms with Gasteiger partial charge < -0.3 is 15.1 Å². The van der Waals surface area contributed by atoms with Crippen molar-refractivity contribution in [1.29, 1.82) is 0 Å². The molecule has 2 aliphatic rings. The molecule has 3 nitrogen and oxygen atoms in total. The van der Waals surface area contributed by atoms with E-state index >= 15 is 0 Å². The molecule has 0 radical (unpaired) electrons. The van der Waals surface area contributed by atoms with E-state index in [2.05, 4.69) is 53.5 Å². The second-order valence-corrected chi connectivity index (χ2v) is 6.11. The number of rotatable bonds is 3. The van der Waals surface area contributed by atoms with Crippen LogP contribution < -0.4 is 10.2 Å². The Bertz CT molecular complexity index is 430. The lowest BCUT2D eigenvalue weighted by atomic mass is 9.97. The SMILES string of the molecule is CN(C)c1ccccc1NC1CCN2CCCC2C1. The molecule has 2 fully saturated rings. The van der Waals surface area contributed by atoms with E-state index in [1.165, 1.54) is 50.1 Å². The summed E-state index contributed by atoms with van der Waals surface area (Å²) in [7, 11) is 4.22. The van der Waals surface area contributed by atoms with Crippen LogP contribution in [0.25, 0.3) is 0 Å². The second kappa shape index (κ2) is 5.41. The van der Waals surface area contributed by atoms with Crippen LogP contribution in [0.5, 0.6) is 0 Å². The maximum Gasteiger partial charge on any atom is 0.0596 e. The standard InChI is InChI=1S/C16H25N3/c1-18(2)16-8-4-3-7-15(16)17-13-9-11-19-10-5-6-14(19)12-13/h3-4,7-8,13-14,17H,5-6,9-12H2,1-2H3. The van der Waals surface area contributed by atoms with E-state index in [4.69, 9.17) is 0 Å².